The number of para-hydroxylation sites is 1. The van der Waals surface area contributed by atoms with Crippen molar-refractivity contribution in [2.75, 3.05) is 56.6 Å². The van der Waals surface area contributed by atoms with Crippen LogP contribution >= 0.6 is 0 Å². The van der Waals surface area contributed by atoms with Crippen LogP contribution in [0, 0.1) is 0 Å². The molecule has 1 atom stereocenters. The van der Waals surface area contributed by atoms with E-state index >= 15 is 0 Å². The number of anilines is 2. The highest BCUT2D eigenvalue weighted by molar-refractivity contribution is 5.96. The summed E-state index contributed by atoms with van der Waals surface area (Å²) in [6.07, 6.45) is 3.85. The molecule has 30 heavy (non-hydrogen) atoms. The van der Waals surface area contributed by atoms with Crippen molar-refractivity contribution in [3.63, 3.8) is 0 Å². The van der Waals surface area contributed by atoms with Gasteiger partial charge in [-0.3, -0.25) is 14.7 Å². The lowest BCUT2D eigenvalue weighted by Gasteiger charge is -2.22. The minimum Gasteiger partial charge on any atom is -0.471 e. The van der Waals surface area contributed by atoms with Crippen LogP contribution in [0.25, 0.3) is 0 Å². The second kappa shape index (κ2) is 8.56. The van der Waals surface area contributed by atoms with Crippen molar-refractivity contribution in [1.29, 1.82) is 0 Å². The summed E-state index contributed by atoms with van der Waals surface area (Å²) in [5.74, 6) is 1.11. The molecule has 0 bridgehead atoms. The molecule has 3 amide bonds. The summed E-state index contributed by atoms with van der Waals surface area (Å²) < 4.78 is 5.93. The van der Waals surface area contributed by atoms with E-state index in [0.717, 1.165) is 12.1 Å². The van der Waals surface area contributed by atoms with Gasteiger partial charge in [0.1, 0.15) is 12.6 Å². The highest BCUT2D eigenvalue weighted by Crippen LogP contribution is 2.21. The highest BCUT2D eigenvalue weighted by Gasteiger charge is 2.34. The van der Waals surface area contributed by atoms with Crippen LogP contribution in [0.1, 0.15) is 6.42 Å². The molecule has 158 valence electrons. The smallest absolute Gasteiger partial charge is 0.325 e. The summed E-state index contributed by atoms with van der Waals surface area (Å²) in [4.78, 5) is 40.9. The van der Waals surface area contributed by atoms with Crippen molar-refractivity contribution >= 4 is 23.4 Å². The van der Waals surface area contributed by atoms with Crippen molar-refractivity contribution in [2.45, 2.75) is 12.5 Å². The first-order chi connectivity index (χ1) is 14.5. The van der Waals surface area contributed by atoms with E-state index in [9.17, 15) is 9.59 Å². The maximum atomic E-state index is 12.8. The standard InChI is InChI=1S/C21H26N6O3/c1-24(2)18-12-22-13-19(23-18)30-17-8-9-25(14-17)20(28)15-26-10-11-27(21(26)29)16-6-4-3-5-7-16/h3-7,12-13,17H,8-11,14-15H2,1-2H3. The number of carbonyl (C=O) groups excluding carboxylic acids is 2. The number of carbonyl (C=O) groups is 2. The van der Waals surface area contributed by atoms with Crippen LogP contribution in [0.5, 0.6) is 5.88 Å². The van der Waals surface area contributed by atoms with Gasteiger partial charge in [0.2, 0.25) is 11.8 Å². The van der Waals surface area contributed by atoms with E-state index < -0.39 is 0 Å². The lowest BCUT2D eigenvalue weighted by molar-refractivity contribution is -0.130. The summed E-state index contributed by atoms with van der Waals surface area (Å²) in [5, 5.41) is 0. The number of aromatic nitrogens is 2. The highest BCUT2D eigenvalue weighted by atomic mass is 16.5. The van der Waals surface area contributed by atoms with Crippen molar-refractivity contribution in [1.82, 2.24) is 19.8 Å². The molecule has 2 aliphatic rings. The molecule has 0 spiro atoms. The summed E-state index contributed by atoms with van der Waals surface area (Å²) in [6, 6.07) is 9.40. The van der Waals surface area contributed by atoms with Crippen LogP contribution in [0.3, 0.4) is 0 Å². The Hall–Kier alpha value is -3.36. The molecule has 0 aliphatic carbocycles. The molecule has 2 aliphatic heterocycles. The third-order valence-electron chi connectivity index (χ3n) is 5.33. The molecule has 1 aromatic carbocycles. The molecule has 9 nitrogen and oxygen atoms in total. The van der Waals surface area contributed by atoms with Gasteiger partial charge in [-0.05, 0) is 12.1 Å². The van der Waals surface area contributed by atoms with E-state index in [2.05, 4.69) is 9.97 Å². The van der Waals surface area contributed by atoms with Gasteiger partial charge in [-0.2, -0.15) is 4.98 Å². The topological polar surface area (TPSA) is 82.1 Å². The van der Waals surface area contributed by atoms with E-state index in [1.807, 2.05) is 49.3 Å². The van der Waals surface area contributed by atoms with Crippen LogP contribution in [-0.4, -0.2) is 84.6 Å². The number of amides is 3. The van der Waals surface area contributed by atoms with Crippen LogP contribution in [0.2, 0.25) is 0 Å². The summed E-state index contributed by atoms with van der Waals surface area (Å²) in [6.45, 7) is 2.31. The predicted octanol–water partition coefficient (Wildman–Crippen LogP) is 1.46. The first-order valence-electron chi connectivity index (χ1n) is 10.1. The molecular formula is C21H26N6O3. The number of urea groups is 1. The molecule has 2 fully saturated rings. The third-order valence-corrected chi connectivity index (χ3v) is 5.33. The van der Waals surface area contributed by atoms with E-state index in [1.165, 1.54) is 0 Å². The average Bonchev–Trinajstić information content (AvgIpc) is 3.36. The number of rotatable bonds is 6. The number of benzene rings is 1. The van der Waals surface area contributed by atoms with Crippen LogP contribution in [0.4, 0.5) is 16.3 Å². The Labute approximate surface area is 175 Å². The second-order valence-electron chi connectivity index (χ2n) is 7.67. The number of hydrogen-bond donors (Lipinski definition) is 0. The molecule has 0 N–H and O–H groups in total. The van der Waals surface area contributed by atoms with Gasteiger partial charge in [-0.1, -0.05) is 18.2 Å². The first-order valence-corrected chi connectivity index (χ1v) is 10.1. The largest absolute Gasteiger partial charge is 0.471 e. The zero-order chi connectivity index (χ0) is 21.1. The van der Waals surface area contributed by atoms with E-state index in [4.69, 9.17) is 4.74 Å². The fourth-order valence-corrected chi connectivity index (χ4v) is 3.67. The van der Waals surface area contributed by atoms with Gasteiger partial charge in [0, 0.05) is 45.8 Å². The van der Waals surface area contributed by atoms with Crippen molar-refractivity contribution in [3.05, 3.63) is 42.7 Å². The lowest BCUT2D eigenvalue weighted by Crippen LogP contribution is -2.42. The summed E-state index contributed by atoms with van der Waals surface area (Å²) >= 11 is 0. The van der Waals surface area contributed by atoms with Gasteiger partial charge in [-0.15, -0.1) is 0 Å². The van der Waals surface area contributed by atoms with Gasteiger partial charge in [-0.25, -0.2) is 4.79 Å². The Balaban J connectivity index is 1.30. The number of nitrogens with zero attached hydrogens (tertiary/aromatic N) is 6. The lowest BCUT2D eigenvalue weighted by atomic mass is 10.3. The zero-order valence-electron chi connectivity index (χ0n) is 17.3. The molecule has 4 rings (SSSR count). The molecule has 0 saturated carbocycles. The second-order valence-corrected chi connectivity index (χ2v) is 7.67. The first kappa shape index (κ1) is 19.9. The number of likely N-dealkylation sites (tertiary alicyclic amines) is 1. The summed E-state index contributed by atoms with van der Waals surface area (Å²) in [7, 11) is 3.78. The molecule has 3 heterocycles. The Morgan fingerprint density at radius 3 is 2.73 bits per heavy atom. The normalized spacial score (nSPS) is 18.8. The number of ether oxygens (including phenoxy) is 1. The van der Waals surface area contributed by atoms with Gasteiger partial charge < -0.3 is 19.4 Å². The monoisotopic (exact) mass is 410 g/mol. The molecule has 2 saturated heterocycles. The molecule has 9 heteroatoms. The fourth-order valence-electron chi connectivity index (χ4n) is 3.67. The average molecular weight is 410 g/mol. The van der Waals surface area contributed by atoms with Gasteiger partial charge in [0.25, 0.3) is 0 Å². The number of hydrogen-bond acceptors (Lipinski definition) is 6. The van der Waals surface area contributed by atoms with Crippen LogP contribution < -0.4 is 14.5 Å². The Bertz CT molecular complexity index is 907. The third kappa shape index (κ3) is 4.29. The van der Waals surface area contributed by atoms with Crippen LogP contribution in [0.15, 0.2) is 42.7 Å². The van der Waals surface area contributed by atoms with E-state index in [0.29, 0.717) is 37.9 Å². The summed E-state index contributed by atoms with van der Waals surface area (Å²) in [5.41, 5.74) is 0.855. The van der Waals surface area contributed by atoms with Crippen molar-refractivity contribution in [2.24, 2.45) is 0 Å². The minimum absolute atomic E-state index is 0.0579. The Morgan fingerprint density at radius 1 is 1.17 bits per heavy atom. The zero-order valence-corrected chi connectivity index (χ0v) is 17.3. The molecule has 0 radical (unpaired) electrons. The van der Waals surface area contributed by atoms with Gasteiger partial charge in [0.05, 0.1) is 18.9 Å². The molecule has 2 aromatic rings. The molecular weight excluding hydrogens is 384 g/mol. The van der Waals surface area contributed by atoms with Gasteiger partial charge >= 0.3 is 6.03 Å². The minimum atomic E-state index is -0.129. The predicted molar refractivity (Wildman–Crippen MR) is 113 cm³/mol. The van der Waals surface area contributed by atoms with Crippen LogP contribution in [-0.2, 0) is 4.79 Å². The van der Waals surface area contributed by atoms with Crippen molar-refractivity contribution in [3.8, 4) is 5.88 Å². The fraction of sp³-hybridized carbons (Fsp3) is 0.429. The van der Waals surface area contributed by atoms with E-state index in [1.54, 1.807) is 27.1 Å². The Morgan fingerprint density at radius 2 is 1.97 bits per heavy atom. The maximum absolute atomic E-state index is 12.8. The molecule has 1 aromatic heterocycles. The molecule has 1 unspecified atom stereocenters. The Kier molecular flexibility index (Phi) is 5.69. The maximum Gasteiger partial charge on any atom is 0.325 e. The van der Waals surface area contributed by atoms with E-state index in [-0.39, 0.29) is 24.6 Å². The van der Waals surface area contributed by atoms with Gasteiger partial charge in [0.15, 0.2) is 5.82 Å². The quantitative estimate of drug-likeness (QED) is 0.717. The SMILES string of the molecule is CN(C)c1cncc(OC2CCN(C(=O)CN3CCN(c4ccccc4)C3=O)C2)n1. The van der Waals surface area contributed by atoms with Crippen molar-refractivity contribution < 1.29 is 14.3 Å².